The molecular formula is C22H17F3N6. The number of benzene rings is 2. The number of rotatable bonds is 5. The highest BCUT2D eigenvalue weighted by Crippen LogP contribution is 2.31. The van der Waals surface area contributed by atoms with E-state index in [2.05, 4.69) is 25.6 Å². The number of aromatic amines is 1. The first-order chi connectivity index (χ1) is 15.0. The third kappa shape index (κ3) is 3.58. The Labute approximate surface area is 174 Å². The Morgan fingerprint density at radius 3 is 2.52 bits per heavy atom. The zero-order valence-electron chi connectivity index (χ0n) is 16.1. The predicted octanol–water partition coefficient (Wildman–Crippen LogP) is 4.87. The molecule has 156 valence electrons. The molecule has 0 bridgehead atoms. The van der Waals surface area contributed by atoms with E-state index in [1.807, 2.05) is 60.8 Å². The molecule has 5 rings (SSSR count). The molecule has 3 heterocycles. The number of hydrogen-bond acceptors (Lipinski definition) is 4. The minimum Gasteiger partial charge on any atom is -0.368 e. The molecule has 1 atom stereocenters. The maximum Gasteiger partial charge on any atom is 0.453 e. The first-order valence-electron chi connectivity index (χ1n) is 9.65. The molecule has 0 radical (unpaired) electrons. The maximum atomic E-state index is 13.2. The van der Waals surface area contributed by atoms with Crippen molar-refractivity contribution in [2.24, 2.45) is 0 Å². The van der Waals surface area contributed by atoms with Crippen LogP contribution in [0.1, 0.15) is 22.9 Å². The average molecular weight is 422 g/mol. The second kappa shape index (κ2) is 7.42. The molecule has 2 N–H and O–H groups in total. The van der Waals surface area contributed by atoms with Crippen molar-refractivity contribution in [3.63, 3.8) is 0 Å². The van der Waals surface area contributed by atoms with Crippen LogP contribution in [0.15, 0.2) is 72.9 Å². The molecule has 5 aromatic rings. The smallest absolute Gasteiger partial charge is 0.368 e. The fourth-order valence-electron chi connectivity index (χ4n) is 3.74. The third-order valence-corrected chi connectivity index (χ3v) is 5.20. The summed E-state index contributed by atoms with van der Waals surface area (Å²) >= 11 is 0. The number of nitrogens with one attached hydrogen (secondary N) is 2. The van der Waals surface area contributed by atoms with E-state index in [-0.39, 0.29) is 11.6 Å². The lowest BCUT2D eigenvalue weighted by molar-refractivity contribution is -0.146. The average Bonchev–Trinajstić information content (AvgIpc) is 3.39. The van der Waals surface area contributed by atoms with Crippen LogP contribution in [0.3, 0.4) is 0 Å². The number of anilines is 1. The number of nitrogens with zero attached hydrogens (tertiary/aromatic N) is 4. The molecule has 0 unspecified atom stereocenters. The van der Waals surface area contributed by atoms with Crippen molar-refractivity contribution in [2.45, 2.75) is 12.1 Å². The maximum absolute atomic E-state index is 13.2. The molecule has 0 aliphatic heterocycles. The van der Waals surface area contributed by atoms with Gasteiger partial charge in [0, 0.05) is 29.6 Å². The summed E-state index contributed by atoms with van der Waals surface area (Å²) in [5, 5.41) is 15.1. The van der Waals surface area contributed by atoms with Gasteiger partial charge in [0.05, 0.1) is 0 Å². The Bertz CT molecular complexity index is 1340. The van der Waals surface area contributed by atoms with E-state index in [0.29, 0.717) is 16.9 Å². The second-order valence-electron chi connectivity index (χ2n) is 7.14. The quantitative estimate of drug-likeness (QED) is 0.424. The van der Waals surface area contributed by atoms with Crippen LogP contribution in [0.2, 0.25) is 0 Å². The van der Waals surface area contributed by atoms with Gasteiger partial charge in [-0.05, 0) is 29.3 Å². The van der Waals surface area contributed by atoms with E-state index in [1.165, 1.54) is 6.07 Å². The molecule has 0 fully saturated rings. The molecule has 9 heteroatoms. The topological polar surface area (TPSA) is 70.9 Å². The predicted molar refractivity (Wildman–Crippen MR) is 111 cm³/mol. The summed E-state index contributed by atoms with van der Waals surface area (Å²) in [5.41, 5.74) is 3.24. The largest absolute Gasteiger partial charge is 0.453 e. The molecule has 0 spiro atoms. The van der Waals surface area contributed by atoms with Gasteiger partial charge in [0.25, 0.3) is 5.82 Å². The Balaban J connectivity index is 1.49. The van der Waals surface area contributed by atoms with E-state index >= 15 is 0 Å². The number of para-hydroxylation sites is 1. The van der Waals surface area contributed by atoms with Crippen molar-refractivity contribution in [3.8, 4) is 0 Å². The fraction of sp³-hybridized carbons (Fsp3) is 0.136. The lowest BCUT2D eigenvalue weighted by Gasteiger charge is -2.18. The van der Waals surface area contributed by atoms with Gasteiger partial charge in [0.2, 0.25) is 0 Å². The minimum atomic E-state index is -4.64. The SMILES string of the molecule is FC(F)(F)c1nnc2ccc(NC[C@H](c3ccccc3)c3c[nH]c4ccccc34)nn12. The summed E-state index contributed by atoms with van der Waals surface area (Å²) in [5.74, 6) is -0.890. The molecule has 6 nitrogen and oxygen atoms in total. The zero-order chi connectivity index (χ0) is 21.4. The summed E-state index contributed by atoms with van der Waals surface area (Å²) in [4.78, 5) is 3.29. The molecule has 0 aliphatic rings. The molecular weight excluding hydrogens is 405 g/mol. The van der Waals surface area contributed by atoms with Crippen LogP contribution in [-0.4, -0.2) is 31.3 Å². The van der Waals surface area contributed by atoms with Gasteiger partial charge >= 0.3 is 6.18 Å². The van der Waals surface area contributed by atoms with Crippen LogP contribution in [0.25, 0.3) is 16.6 Å². The van der Waals surface area contributed by atoms with Gasteiger partial charge in [-0.1, -0.05) is 48.5 Å². The van der Waals surface area contributed by atoms with E-state index in [1.54, 1.807) is 6.07 Å². The first kappa shape index (κ1) is 19.1. The molecule has 0 saturated carbocycles. The van der Waals surface area contributed by atoms with Crippen LogP contribution in [-0.2, 0) is 6.18 Å². The summed E-state index contributed by atoms with van der Waals surface area (Å²) < 4.78 is 40.2. The summed E-state index contributed by atoms with van der Waals surface area (Å²) in [6.07, 6.45) is -2.66. The number of hydrogen-bond donors (Lipinski definition) is 2. The van der Waals surface area contributed by atoms with Gasteiger partial charge in [-0.25, -0.2) is 0 Å². The van der Waals surface area contributed by atoms with Crippen molar-refractivity contribution in [1.82, 2.24) is 24.8 Å². The highest BCUT2D eigenvalue weighted by Gasteiger charge is 2.37. The van der Waals surface area contributed by atoms with Gasteiger partial charge in [-0.2, -0.15) is 17.7 Å². The third-order valence-electron chi connectivity index (χ3n) is 5.20. The normalized spacial score (nSPS) is 13.0. The van der Waals surface area contributed by atoms with Crippen LogP contribution in [0.4, 0.5) is 19.0 Å². The van der Waals surface area contributed by atoms with E-state index in [0.717, 1.165) is 22.0 Å². The van der Waals surface area contributed by atoms with Crippen molar-refractivity contribution < 1.29 is 13.2 Å². The van der Waals surface area contributed by atoms with Gasteiger partial charge in [0.1, 0.15) is 5.82 Å². The standard InChI is InChI=1S/C22H17F3N6/c23-22(24,25)21-29-28-20-11-10-19(30-31(20)21)27-12-16(14-6-2-1-3-7-14)17-13-26-18-9-5-4-8-15(17)18/h1-11,13,16,26H,12H2,(H,27,30)/t16-/m1/s1. The van der Waals surface area contributed by atoms with Gasteiger partial charge in [0.15, 0.2) is 5.65 Å². The van der Waals surface area contributed by atoms with Gasteiger partial charge in [-0.3, -0.25) is 0 Å². The Hall–Kier alpha value is -3.88. The molecule has 0 amide bonds. The van der Waals surface area contributed by atoms with E-state index in [9.17, 15) is 13.2 Å². The molecule has 31 heavy (non-hydrogen) atoms. The van der Waals surface area contributed by atoms with Crippen LogP contribution >= 0.6 is 0 Å². The van der Waals surface area contributed by atoms with Crippen molar-refractivity contribution in [2.75, 3.05) is 11.9 Å². The number of aromatic nitrogens is 5. The zero-order valence-corrected chi connectivity index (χ0v) is 16.1. The Morgan fingerprint density at radius 2 is 1.71 bits per heavy atom. The molecule has 0 aliphatic carbocycles. The number of alkyl halides is 3. The monoisotopic (exact) mass is 422 g/mol. The highest BCUT2D eigenvalue weighted by atomic mass is 19.4. The summed E-state index contributed by atoms with van der Waals surface area (Å²) in [6.45, 7) is 0.438. The van der Waals surface area contributed by atoms with Crippen molar-refractivity contribution >= 4 is 22.4 Å². The first-order valence-corrected chi connectivity index (χ1v) is 9.65. The second-order valence-corrected chi connectivity index (χ2v) is 7.14. The van der Waals surface area contributed by atoms with Crippen molar-refractivity contribution in [1.29, 1.82) is 0 Å². The van der Waals surface area contributed by atoms with Crippen LogP contribution in [0, 0.1) is 0 Å². The Morgan fingerprint density at radius 1 is 0.935 bits per heavy atom. The summed E-state index contributed by atoms with van der Waals surface area (Å²) in [6, 6.07) is 21.0. The minimum absolute atomic E-state index is 0.0362. The number of H-pyrrole nitrogens is 1. The van der Waals surface area contributed by atoms with Crippen molar-refractivity contribution in [3.05, 3.63) is 89.9 Å². The van der Waals surface area contributed by atoms with Gasteiger partial charge in [-0.15, -0.1) is 15.3 Å². The highest BCUT2D eigenvalue weighted by molar-refractivity contribution is 5.84. The lowest BCUT2D eigenvalue weighted by Crippen LogP contribution is -2.17. The van der Waals surface area contributed by atoms with Gasteiger partial charge < -0.3 is 10.3 Å². The fourth-order valence-corrected chi connectivity index (χ4v) is 3.74. The molecule has 0 saturated heterocycles. The van der Waals surface area contributed by atoms with E-state index in [4.69, 9.17) is 0 Å². The number of fused-ring (bicyclic) bond motifs is 2. The molecule has 3 aromatic heterocycles. The van der Waals surface area contributed by atoms with Crippen LogP contribution in [0.5, 0.6) is 0 Å². The Kier molecular flexibility index (Phi) is 4.58. The summed E-state index contributed by atoms with van der Waals surface area (Å²) in [7, 11) is 0. The van der Waals surface area contributed by atoms with Crippen LogP contribution < -0.4 is 5.32 Å². The van der Waals surface area contributed by atoms with E-state index < -0.39 is 12.0 Å². The molecule has 2 aromatic carbocycles. The number of halogens is 3. The lowest BCUT2D eigenvalue weighted by atomic mass is 9.91.